The summed E-state index contributed by atoms with van der Waals surface area (Å²) in [6.07, 6.45) is 0.268. The van der Waals surface area contributed by atoms with Crippen molar-refractivity contribution in [3.05, 3.63) is 30.0 Å². The van der Waals surface area contributed by atoms with Gasteiger partial charge in [-0.05, 0) is 6.07 Å². The number of hydrogen-bond donors (Lipinski definition) is 4. The summed E-state index contributed by atoms with van der Waals surface area (Å²) in [6, 6.07) is 7.66. The van der Waals surface area contributed by atoms with E-state index in [0.717, 1.165) is 24.0 Å². The van der Waals surface area contributed by atoms with E-state index in [0.29, 0.717) is 12.2 Å². The van der Waals surface area contributed by atoms with Crippen LogP contribution in [0.4, 0.5) is 0 Å². The van der Waals surface area contributed by atoms with Crippen LogP contribution in [0.3, 0.4) is 0 Å². The lowest BCUT2D eigenvalue weighted by Crippen LogP contribution is -2.57. The minimum atomic E-state index is -0.273. The van der Waals surface area contributed by atoms with Crippen molar-refractivity contribution in [2.45, 2.75) is 12.5 Å². The van der Waals surface area contributed by atoms with E-state index < -0.39 is 0 Å². The molecule has 2 heterocycles. The fourth-order valence-corrected chi connectivity index (χ4v) is 2.20. The Balaban J connectivity index is 1.51. The third kappa shape index (κ3) is 3.03. The number of para-hydroxylation sites is 1. The van der Waals surface area contributed by atoms with Gasteiger partial charge in [-0.1, -0.05) is 18.2 Å². The summed E-state index contributed by atoms with van der Waals surface area (Å²) < 4.78 is 0. The Labute approximate surface area is 121 Å². The molecule has 2 amide bonds. The van der Waals surface area contributed by atoms with Crippen LogP contribution in [0.25, 0.3) is 10.9 Å². The maximum absolute atomic E-state index is 12.1. The van der Waals surface area contributed by atoms with Crippen LogP contribution in [0.5, 0.6) is 0 Å². The van der Waals surface area contributed by atoms with E-state index in [-0.39, 0.29) is 24.3 Å². The summed E-state index contributed by atoms with van der Waals surface area (Å²) in [6.45, 7) is 1.93. The summed E-state index contributed by atoms with van der Waals surface area (Å²) in [5.41, 5.74) is 1.17. The van der Waals surface area contributed by atoms with Gasteiger partial charge in [-0.25, -0.2) is 0 Å². The first-order chi connectivity index (χ1) is 10.2. The van der Waals surface area contributed by atoms with E-state index in [9.17, 15) is 9.59 Å². The highest BCUT2D eigenvalue weighted by Gasteiger charge is 2.19. The fourth-order valence-electron chi connectivity index (χ4n) is 2.20. The van der Waals surface area contributed by atoms with E-state index in [1.54, 1.807) is 0 Å². The summed E-state index contributed by atoms with van der Waals surface area (Å²) in [7, 11) is 0. The number of carbonyl (C=O) groups excluding carboxylic acids is 2. The maximum Gasteiger partial charge on any atom is 0.272 e. The van der Waals surface area contributed by atoms with Crippen LogP contribution in [0.2, 0.25) is 0 Å². The Hall–Kier alpha value is -2.41. The summed E-state index contributed by atoms with van der Waals surface area (Å²) in [4.78, 5) is 23.7. The van der Waals surface area contributed by atoms with E-state index in [1.165, 1.54) is 0 Å². The molecule has 110 valence electrons. The Morgan fingerprint density at radius 1 is 1.29 bits per heavy atom. The van der Waals surface area contributed by atoms with Gasteiger partial charge < -0.3 is 16.0 Å². The maximum atomic E-state index is 12.1. The first-order valence-electron chi connectivity index (χ1n) is 6.95. The zero-order valence-corrected chi connectivity index (χ0v) is 11.5. The second kappa shape index (κ2) is 5.92. The number of aromatic nitrogens is 2. The van der Waals surface area contributed by atoms with Crippen molar-refractivity contribution in [1.29, 1.82) is 0 Å². The van der Waals surface area contributed by atoms with Crippen LogP contribution in [-0.2, 0) is 4.79 Å². The normalized spacial score (nSPS) is 14.7. The van der Waals surface area contributed by atoms with Crippen molar-refractivity contribution in [1.82, 2.24) is 26.1 Å². The van der Waals surface area contributed by atoms with Crippen LogP contribution in [0.1, 0.15) is 16.9 Å². The van der Waals surface area contributed by atoms with E-state index >= 15 is 0 Å². The highest BCUT2D eigenvalue weighted by Crippen LogP contribution is 2.14. The standard InChI is InChI=1S/C14H17N5O2/c20-12(17-9-7-15-8-9)5-6-16-14(21)13-10-3-1-2-4-11(10)18-19-13/h1-4,9,15H,5-8H2,(H,16,21)(H,17,20)(H,18,19). The van der Waals surface area contributed by atoms with Crippen LogP contribution >= 0.6 is 0 Å². The topological polar surface area (TPSA) is 98.9 Å². The lowest BCUT2D eigenvalue weighted by Gasteiger charge is -2.27. The first kappa shape index (κ1) is 13.6. The smallest absolute Gasteiger partial charge is 0.272 e. The number of amides is 2. The Bertz CT molecular complexity index is 662. The van der Waals surface area contributed by atoms with Gasteiger partial charge in [0.2, 0.25) is 5.91 Å². The van der Waals surface area contributed by atoms with Crippen molar-refractivity contribution < 1.29 is 9.59 Å². The fraction of sp³-hybridized carbons (Fsp3) is 0.357. The SMILES string of the molecule is O=C(CCNC(=O)c1n[nH]c2ccccc12)NC1CNC1. The molecule has 1 aliphatic rings. The molecule has 7 heteroatoms. The first-order valence-corrected chi connectivity index (χ1v) is 6.95. The second-order valence-electron chi connectivity index (χ2n) is 5.05. The number of benzene rings is 1. The molecular formula is C14H17N5O2. The van der Waals surface area contributed by atoms with Crippen molar-refractivity contribution in [3.8, 4) is 0 Å². The van der Waals surface area contributed by atoms with Gasteiger partial charge in [0.25, 0.3) is 5.91 Å². The van der Waals surface area contributed by atoms with Gasteiger partial charge in [-0.2, -0.15) is 5.10 Å². The van der Waals surface area contributed by atoms with Crippen LogP contribution in [0.15, 0.2) is 24.3 Å². The van der Waals surface area contributed by atoms with Gasteiger partial charge >= 0.3 is 0 Å². The predicted octanol–water partition coefficient (Wildman–Crippen LogP) is -0.229. The average molecular weight is 287 g/mol. The lowest BCUT2D eigenvalue weighted by atomic mass is 10.2. The minimum Gasteiger partial charge on any atom is -0.351 e. The summed E-state index contributed by atoms with van der Waals surface area (Å²) >= 11 is 0. The molecule has 0 saturated carbocycles. The Kier molecular flexibility index (Phi) is 3.83. The summed E-state index contributed by atoms with van der Waals surface area (Å²) in [5.74, 6) is -0.320. The van der Waals surface area contributed by atoms with Gasteiger partial charge in [-0.3, -0.25) is 14.7 Å². The molecule has 1 fully saturated rings. The molecule has 1 aliphatic heterocycles. The number of H-pyrrole nitrogens is 1. The number of hydrogen-bond acceptors (Lipinski definition) is 4. The van der Waals surface area contributed by atoms with Gasteiger partial charge in [0.1, 0.15) is 0 Å². The molecule has 21 heavy (non-hydrogen) atoms. The molecule has 0 radical (unpaired) electrons. The van der Waals surface area contributed by atoms with Gasteiger partial charge in [0.15, 0.2) is 5.69 Å². The van der Waals surface area contributed by atoms with E-state index in [4.69, 9.17) is 0 Å². The molecule has 4 N–H and O–H groups in total. The molecule has 2 aromatic rings. The largest absolute Gasteiger partial charge is 0.351 e. The molecule has 1 saturated heterocycles. The van der Waals surface area contributed by atoms with Crippen molar-refractivity contribution in [2.75, 3.05) is 19.6 Å². The number of fused-ring (bicyclic) bond motifs is 1. The van der Waals surface area contributed by atoms with E-state index in [1.807, 2.05) is 24.3 Å². The molecule has 0 spiro atoms. The molecule has 0 aliphatic carbocycles. The van der Waals surface area contributed by atoms with Crippen molar-refractivity contribution >= 4 is 22.7 Å². The molecule has 3 rings (SSSR count). The zero-order chi connectivity index (χ0) is 14.7. The van der Waals surface area contributed by atoms with Gasteiger partial charge in [0.05, 0.1) is 11.6 Å². The third-order valence-electron chi connectivity index (χ3n) is 3.47. The number of aromatic amines is 1. The van der Waals surface area contributed by atoms with Crippen LogP contribution < -0.4 is 16.0 Å². The summed E-state index contributed by atoms with van der Waals surface area (Å²) in [5, 5.41) is 16.3. The lowest BCUT2D eigenvalue weighted by molar-refractivity contribution is -0.121. The van der Waals surface area contributed by atoms with Crippen LogP contribution in [-0.4, -0.2) is 47.7 Å². The molecule has 7 nitrogen and oxygen atoms in total. The van der Waals surface area contributed by atoms with Gasteiger partial charge in [0, 0.05) is 31.4 Å². The van der Waals surface area contributed by atoms with Crippen molar-refractivity contribution in [3.63, 3.8) is 0 Å². The molecule has 1 aromatic carbocycles. The predicted molar refractivity (Wildman–Crippen MR) is 77.8 cm³/mol. The number of rotatable bonds is 5. The number of nitrogens with one attached hydrogen (secondary N) is 4. The average Bonchev–Trinajstić information content (AvgIpc) is 2.87. The molecule has 0 unspecified atom stereocenters. The highest BCUT2D eigenvalue weighted by atomic mass is 16.2. The molecular weight excluding hydrogens is 270 g/mol. The monoisotopic (exact) mass is 287 g/mol. The third-order valence-corrected chi connectivity index (χ3v) is 3.47. The van der Waals surface area contributed by atoms with E-state index in [2.05, 4.69) is 26.1 Å². The molecule has 0 atom stereocenters. The number of carbonyl (C=O) groups is 2. The highest BCUT2D eigenvalue weighted by molar-refractivity contribution is 6.04. The quantitative estimate of drug-likeness (QED) is 0.610. The van der Waals surface area contributed by atoms with Crippen molar-refractivity contribution in [2.24, 2.45) is 0 Å². The Morgan fingerprint density at radius 3 is 2.86 bits per heavy atom. The van der Waals surface area contributed by atoms with Crippen LogP contribution in [0, 0.1) is 0 Å². The van der Waals surface area contributed by atoms with Gasteiger partial charge in [-0.15, -0.1) is 0 Å². The minimum absolute atomic E-state index is 0.0475. The zero-order valence-electron chi connectivity index (χ0n) is 11.5. The molecule has 1 aromatic heterocycles. The Morgan fingerprint density at radius 2 is 2.10 bits per heavy atom. The molecule has 0 bridgehead atoms. The second-order valence-corrected chi connectivity index (χ2v) is 5.05. The number of nitrogens with zero attached hydrogens (tertiary/aromatic N) is 1.